The second-order valence-electron chi connectivity index (χ2n) is 5.48. The number of anilines is 2. The average Bonchev–Trinajstić information content (AvgIpc) is 3.04. The van der Waals surface area contributed by atoms with Crippen LogP contribution in [-0.2, 0) is 10.0 Å². The minimum Gasteiger partial charge on any atom is -0.378 e. The third kappa shape index (κ3) is 4.72. The van der Waals surface area contributed by atoms with Crippen LogP contribution in [0.2, 0.25) is 0 Å². The Labute approximate surface area is 146 Å². The molecule has 0 saturated heterocycles. The number of carbonyl (C=O) groups excluding carboxylic acids is 1. The third-order valence-corrected chi connectivity index (χ3v) is 5.46. The average molecular weight is 367 g/mol. The first-order valence-electron chi connectivity index (χ1n) is 7.36. The van der Waals surface area contributed by atoms with Crippen LogP contribution < -0.4 is 14.5 Å². The van der Waals surface area contributed by atoms with Gasteiger partial charge in [0.2, 0.25) is 10.0 Å². The molecule has 1 aromatic heterocycles. The number of benzene rings is 1. The highest BCUT2D eigenvalue weighted by atomic mass is 32.2. The molecule has 1 N–H and O–H groups in total. The van der Waals surface area contributed by atoms with E-state index in [1.54, 1.807) is 24.3 Å². The number of thiophene rings is 1. The normalized spacial score (nSPS) is 11.1. The van der Waals surface area contributed by atoms with E-state index < -0.39 is 10.0 Å². The summed E-state index contributed by atoms with van der Waals surface area (Å²) in [5.41, 5.74) is 1.56. The zero-order valence-corrected chi connectivity index (χ0v) is 15.5. The van der Waals surface area contributed by atoms with Crippen LogP contribution in [0.1, 0.15) is 9.67 Å². The summed E-state index contributed by atoms with van der Waals surface area (Å²) < 4.78 is 25.4. The molecule has 0 fully saturated rings. The number of nitrogens with zero attached hydrogens (tertiary/aromatic N) is 2. The van der Waals surface area contributed by atoms with Gasteiger partial charge in [-0.3, -0.25) is 9.10 Å². The van der Waals surface area contributed by atoms with E-state index in [2.05, 4.69) is 5.32 Å². The van der Waals surface area contributed by atoms with Crippen LogP contribution in [0.5, 0.6) is 0 Å². The van der Waals surface area contributed by atoms with Crippen LogP contribution in [0, 0.1) is 0 Å². The monoisotopic (exact) mass is 367 g/mol. The molecule has 1 heterocycles. The Balaban J connectivity index is 2.05. The number of carbonyl (C=O) groups is 1. The number of sulfonamides is 1. The van der Waals surface area contributed by atoms with Crippen LogP contribution in [0.4, 0.5) is 11.4 Å². The van der Waals surface area contributed by atoms with Crippen molar-refractivity contribution in [3.8, 4) is 0 Å². The predicted octanol–water partition coefficient (Wildman–Crippen LogP) is 2.01. The second kappa shape index (κ2) is 7.67. The van der Waals surface area contributed by atoms with Crippen molar-refractivity contribution in [2.75, 3.05) is 42.6 Å². The summed E-state index contributed by atoms with van der Waals surface area (Å²) in [6, 6.07) is 10.8. The van der Waals surface area contributed by atoms with Crippen molar-refractivity contribution < 1.29 is 13.2 Å². The molecular weight excluding hydrogens is 346 g/mol. The minimum atomic E-state index is -3.43. The molecule has 2 aromatic rings. The van der Waals surface area contributed by atoms with E-state index in [4.69, 9.17) is 0 Å². The Hall–Kier alpha value is -2.06. The van der Waals surface area contributed by atoms with Crippen molar-refractivity contribution in [2.45, 2.75) is 0 Å². The van der Waals surface area contributed by atoms with E-state index in [0.29, 0.717) is 10.6 Å². The molecule has 0 bridgehead atoms. The number of nitrogens with one attached hydrogen (secondary N) is 1. The van der Waals surface area contributed by atoms with Crippen molar-refractivity contribution in [3.63, 3.8) is 0 Å². The maximum atomic E-state index is 12.1. The molecule has 0 radical (unpaired) electrons. The lowest BCUT2D eigenvalue weighted by molar-refractivity contribution is 0.0959. The fourth-order valence-corrected chi connectivity index (χ4v) is 3.74. The summed E-state index contributed by atoms with van der Waals surface area (Å²) in [4.78, 5) is 14.5. The molecule has 0 aliphatic rings. The van der Waals surface area contributed by atoms with E-state index >= 15 is 0 Å². The standard InChI is InChI=1S/C16H21N3O3S2/c1-18(2)13-6-8-14(9-7-13)19(24(3,21)22)11-10-17-16(20)15-5-4-12-23-15/h4-9,12H,10-11H2,1-3H3,(H,17,20). The molecule has 8 heteroatoms. The quantitative estimate of drug-likeness (QED) is 0.813. The van der Waals surface area contributed by atoms with Crippen molar-refractivity contribution in [1.82, 2.24) is 5.32 Å². The summed E-state index contributed by atoms with van der Waals surface area (Å²) in [6.07, 6.45) is 1.16. The van der Waals surface area contributed by atoms with Crippen LogP contribution in [0.25, 0.3) is 0 Å². The van der Waals surface area contributed by atoms with Crippen molar-refractivity contribution in [2.24, 2.45) is 0 Å². The Morgan fingerprint density at radius 2 is 1.75 bits per heavy atom. The van der Waals surface area contributed by atoms with Crippen LogP contribution in [0.15, 0.2) is 41.8 Å². The molecule has 0 aliphatic carbocycles. The van der Waals surface area contributed by atoms with Gasteiger partial charge in [-0.05, 0) is 35.7 Å². The number of hydrogen-bond donors (Lipinski definition) is 1. The molecule has 0 unspecified atom stereocenters. The Morgan fingerprint density at radius 3 is 2.25 bits per heavy atom. The van der Waals surface area contributed by atoms with Crippen LogP contribution >= 0.6 is 11.3 Å². The van der Waals surface area contributed by atoms with E-state index in [-0.39, 0.29) is 19.0 Å². The minimum absolute atomic E-state index is 0.178. The van der Waals surface area contributed by atoms with E-state index in [1.165, 1.54) is 15.6 Å². The molecule has 1 amide bonds. The van der Waals surface area contributed by atoms with Gasteiger partial charge < -0.3 is 10.2 Å². The fraction of sp³-hybridized carbons (Fsp3) is 0.312. The van der Waals surface area contributed by atoms with Gasteiger partial charge in [0.25, 0.3) is 5.91 Å². The Morgan fingerprint density at radius 1 is 1.12 bits per heavy atom. The van der Waals surface area contributed by atoms with Gasteiger partial charge in [-0.25, -0.2) is 8.42 Å². The summed E-state index contributed by atoms with van der Waals surface area (Å²) >= 11 is 1.35. The van der Waals surface area contributed by atoms with E-state index in [9.17, 15) is 13.2 Å². The van der Waals surface area contributed by atoms with Crippen LogP contribution in [0.3, 0.4) is 0 Å². The van der Waals surface area contributed by atoms with Gasteiger partial charge in [-0.1, -0.05) is 6.07 Å². The van der Waals surface area contributed by atoms with Crippen molar-refractivity contribution in [3.05, 3.63) is 46.7 Å². The third-order valence-electron chi connectivity index (χ3n) is 3.40. The SMILES string of the molecule is CN(C)c1ccc(N(CCNC(=O)c2cccs2)S(C)(=O)=O)cc1. The first-order chi connectivity index (χ1) is 11.3. The lowest BCUT2D eigenvalue weighted by Crippen LogP contribution is -2.38. The van der Waals surface area contributed by atoms with E-state index in [1.807, 2.05) is 36.5 Å². The van der Waals surface area contributed by atoms with E-state index in [0.717, 1.165) is 11.9 Å². The molecule has 2 rings (SSSR count). The Bertz CT molecular complexity index is 769. The maximum Gasteiger partial charge on any atom is 0.261 e. The van der Waals surface area contributed by atoms with Crippen LogP contribution in [-0.4, -0.2) is 47.8 Å². The van der Waals surface area contributed by atoms with Crippen molar-refractivity contribution >= 4 is 38.6 Å². The first kappa shape index (κ1) is 18.3. The predicted molar refractivity (Wildman–Crippen MR) is 99.6 cm³/mol. The topological polar surface area (TPSA) is 69.7 Å². The smallest absolute Gasteiger partial charge is 0.261 e. The van der Waals surface area contributed by atoms with Gasteiger partial charge in [-0.2, -0.15) is 0 Å². The lowest BCUT2D eigenvalue weighted by Gasteiger charge is -2.23. The van der Waals surface area contributed by atoms with Gasteiger partial charge in [0.15, 0.2) is 0 Å². The zero-order valence-electron chi connectivity index (χ0n) is 13.9. The highest BCUT2D eigenvalue weighted by Crippen LogP contribution is 2.21. The Kier molecular flexibility index (Phi) is 5.84. The summed E-state index contributed by atoms with van der Waals surface area (Å²) in [6.45, 7) is 0.413. The zero-order chi connectivity index (χ0) is 17.7. The number of hydrogen-bond acceptors (Lipinski definition) is 5. The lowest BCUT2D eigenvalue weighted by atomic mass is 10.2. The molecule has 0 aliphatic heterocycles. The van der Waals surface area contributed by atoms with Crippen molar-refractivity contribution in [1.29, 1.82) is 0 Å². The largest absolute Gasteiger partial charge is 0.378 e. The fourth-order valence-electron chi connectivity index (χ4n) is 2.17. The van der Waals surface area contributed by atoms with Gasteiger partial charge in [0.05, 0.1) is 23.4 Å². The van der Waals surface area contributed by atoms with Gasteiger partial charge in [0.1, 0.15) is 0 Å². The first-order valence-corrected chi connectivity index (χ1v) is 10.1. The molecule has 6 nitrogen and oxygen atoms in total. The molecule has 130 valence electrons. The summed E-state index contributed by atoms with van der Waals surface area (Å²) in [7, 11) is 0.408. The number of amides is 1. The van der Waals surface area contributed by atoms with Gasteiger partial charge >= 0.3 is 0 Å². The molecule has 24 heavy (non-hydrogen) atoms. The number of rotatable bonds is 7. The molecule has 0 saturated carbocycles. The highest BCUT2D eigenvalue weighted by molar-refractivity contribution is 7.92. The molecule has 0 spiro atoms. The molecule has 0 atom stereocenters. The molecule has 1 aromatic carbocycles. The van der Waals surface area contributed by atoms with Gasteiger partial charge in [0, 0.05) is 26.3 Å². The summed E-state index contributed by atoms with van der Waals surface area (Å²) in [5, 5.41) is 4.57. The second-order valence-corrected chi connectivity index (χ2v) is 8.33. The summed E-state index contributed by atoms with van der Waals surface area (Å²) in [5.74, 6) is -0.193. The van der Waals surface area contributed by atoms with Gasteiger partial charge in [-0.15, -0.1) is 11.3 Å². The highest BCUT2D eigenvalue weighted by Gasteiger charge is 2.17. The maximum absolute atomic E-state index is 12.1. The molecular formula is C16H21N3O3S2.